The number of carbonyl (C=O) groups is 1. The molecule has 0 aliphatic rings. The van der Waals surface area contributed by atoms with E-state index in [2.05, 4.69) is 4.74 Å². The van der Waals surface area contributed by atoms with Gasteiger partial charge in [0.1, 0.15) is 5.58 Å². The SMILES string of the molecule is COC(=O)CCN(C)S(=O)(=O)N(c1ccc2oc(=O)c(-c3ccc(C)cc3)cc2c1)S(=O)(=O)c1ccc(C)cc1. The summed E-state index contributed by atoms with van der Waals surface area (Å²) in [5, 5.41) is 0.309. The number of hydrogen-bond donors (Lipinski definition) is 0. The zero-order valence-corrected chi connectivity index (χ0v) is 24.0. The van der Waals surface area contributed by atoms with Crippen LogP contribution in [0, 0.1) is 13.8 Å². The average Bonchev–Trinajstić information content (AvgIpc) is 2.91. The van der Waals surface area contributed by atoms with Crippen LogP contribution >= 0.6 is 0 Å². The lowest BCUT2D eigenvalue weighted by molar-refractivity contribution is -0.140. The Balaban J connectivity index is 1.89. The van der Waals surface area contributed by atoms with Crippen LogP contribution in [0.15, 0.2) is 86.9 Å². The molecule has 0 saturated heterocycles. The Hall–Kier alpha value is -4.00. The van der Waals surface area contributed by atoms with Crippen LogP contribution in [0.1, 0.15) is 17.5 Å². The summed E-state index contributed by atoms with van der Waals surface area (Å²) < 4.78 is 66.4. The first-order valence-corrected chi connectivity index (χ1v) is 15.0. The van der Waals surface area contributed by atoms with Gasteiger partial charge in [0.15, 0.2) is 0 Å². The second-order valence-corrected chi connectivity index (χ2v) is 13.1. The van der Waals surface area contributed by atoms with Gasteiger partial charge in [-0.3, -0.25) is 4.79 Å². The van der Waals surface area contributed by atoms with Crippen LogP contribution in [0.25, 0.3) is 22.1 Å². The average molecular weight is 585 g/mol. The molecule has 0 unspecified atom stereocenters. The first kappa shape index (κ1) is 29.0. The number of methoxy groups -OCH3 is 1. The van der Waals surface area contributed by atoms with Crippen LogP contribution in [-0.4, -0.2) is 47.8 Å². The van der Waals surface area contributed by atoms with E-state index < -0.39 is 31.8 Å². The Morgan fingerprint density at radius 3 is 2.08 bits per heavy atom. The molecular formula is C28H28N2O8S2. The molecule has 1 aromatic heterocycles. The lowest BCUT2D eigenvalue weighted by Crippen LogP contribution is -2.46. The molecular weight excluding hydrogens is 556 g/mol. The quantitative estimate of drug-likeness (QED) is 0.213. The number of rotatable bonds is 9. The molecule has 0 radical (unpaired) electrons. The molecule has 40 heavy (non-hydrogen) atoms. The summed E-state index contributed by atoms with van der Waals surface area (Å²) in [6.45, 7) is 3.35. The van der Waals surface area contributed by atoms with Gasteiger partial charge < -0.3 is 9.15 Å². The van der Waals surface area contributed by atoms with Gasteiger partial charge in [-0.1, -0.05) is 47.5 Å². The molecule has 0 atom stereocenters. The van der Waals surface area contributed by atoms with Crippen LogP contribution in [-0.2, 0) is 29.8 Å². The van der Waals surface area contributed by atoms with Crippen molar-refractivity contribution < 1.29 is 30.8 Å². The fourth-order valence-electron chi connectivity index (χ4n) is 3.95. The van der Waals surface area contributed by atoms with Crippen molar-refractivity contribution in [2.24, 2.45) is 0 Å². The summed E-state index contributed by atoms with van der Waals surface area (Å²) in [6, 6.07) is 18.4. The van der Waals surface area contributed by atoms with E-state index in [0.29, 0.717) is 14.7 Å². The van der Waals surface area contributed by atoms with Gasteiger partial charge in [-0.25, -0.2) is 4.79 Å². The predicted molar refractivity (Wildman–Crippen MR) is 152 cm³/mol. The third kappa shape index (κ3) is 5.79. The maximum absolute atomic E-state index is 13.9. The van der Waals surface area contributed by atoms with E-state index in [1.807, 2.05) is 19.1 Å². The molecule has 0 saturated carbocycles. The number of nitrogens with zero attached hydrogens (tertiary/aromatic N) is 2. The van der Waals surface area contributed by atoms with Crippen molar-refractivity contribution in [3.8, 4) is 11.1 Å². The molecule has 4 rings (SSSR count). The van der Waals surface area contributed by atoms with E-state index >= 15 is 0 Å². The summed E-state index contributed by atoms with van der Waals surface area (Å²) in [4.78, 5) is 24.1. The van der Waals surface area contributed by atoms with E-state index in [4.69, 9.17) is 4.42 Å². The van der Waals surface area contributed by atoms with Gasteiger partial charge >= 0.3 is 21.8 Å². The maximum atomic E-state index is 13.9. The first-order chi connectivity index (χ1) is 18.8. The highest BCUT2D eigenvalue weighted by Crippen LogP contribution is 2.32. The van der Waals surface area contributed by atoms with E-state index in [1.54, 1.807) is 31.2 Å². The molecule has 0 aliphatic heterocycles. The number of aryl methyl sites for hydroxylation is 2. The van der Waals surface area contributed by atoms with Gasteiger partial charge in [0.25, 0.3) is 10.0 Å². The Morgan fingerprint density at radius 1 is 0.875 bits per heavy atom. The zero-order chi connectivity index (χ0) is 29.2. The molecule has 3 aromatic carbocycles. The minimum Gasteiger partial charge on any atom is -0.469 e. The van der Waals surface area contributed by atoms with Crippen LogP contribution in [0.4, 0.5) is 5.69 Å². The van der Waals surface area contributed by atoms with Crippen molar-refractivity contribution in [3.05, 3.63) is 94.3 Å². The number of benzene rings is 3. The van der Waals surface area contributed by atoms with Crippen molar-refractivity contribution in [1.82, 2.24) is 4.31 Å². The Labute approximate surface area is 232 Å². The summed E-state index contributed by atoms with van der Waals surface area (Å²) in [7, 11) is -7.06. The minimum atomic E-state index is -4.74. The second-order valence-electron chi connectivity index (χ2n) is 9.21. The van der Waals surface area contributed by atoms with Crippen molar-refractivity contribution in [1.29, 1.82) is 0 Å². The van der Waals surface area contributed by atoms with E-state index in [0.717, 1.165) is 15.4 Å². The maximum Gasteiger partial charge on any atom is 0.344 e. The molecule has 0 aliphatic carbocycles. The van der Waals surface area contributed by atoms with E-state index in [9.17, 15) is 26.4 Å². The Kier molecular flexibility index (Phi) is 8.15. The lowest BCUT2D eigenvalue weighted by Gasteiger charge is -2.28. The van der Waals surface area contributed by atoms with Crippen LogP contribution in [0.2, 0.25) is 0 Å². The first-order valence-electron chi connectivity index (χ1n) is 12.1. The fraction of sp³-hybridized carbons (Fsp3) is 0.214. The van der Waals surface area contributed by atoms with Crippen LogP contribution < -0.4 is 9.34 Å². The summed E-state index contributed by atoms with van der Waals surface area (Å²) >= 11 is 0. The Morgan fingerprint density at radius 2 is 1.48 bits per heavy atom. The topological polar surface area (TPSA) is 131 Å². The number of hydrogen-bond acceptors (Lipinski definition) is 8. The van der Waals surface area contributed by atoms with Gasteiger partial charge in [0.05, 0.1) is 29.7 Å². The third-order valence-corrected chi connectivity index (χ3v) is 10.6. The number of esters is 1. The number of sulfonamides is 1. The highest BCUT2D eigenvalue weighted by atomic mass is 32.3. The predicted octanol–water partition coefficient (Wildman–Crippen LogP) is 4.01. The number of ether oxygens (including phenoxy) is 1. The molecule has 0 fully saturated rings. The van der Waals surface area contributed by atoms with E-state index in [1.165, 1.54) is 50.6 Å². The molecule has 1 heterocycles. The molecule has 0 N–H and O–H groups in total. The molecule has 210 valence electrons. The van der Waals surface area contributed by atoms with Gasteiger partial charge in [-0.15, -0.1) is 3.71 Å². The molecule has 4 aromatic rings. The number of fused-ring (bicyclic) bond motifs is 1. The normalized spacial score (nSPS) is 12.0. The second kappa shape index (κ2) is 11.2. The lowest BCUT2D eigenvalue weighted by atomic mass is 10.0. The highest BCUT2D eigenvalue weighted by Gasteiger charge is 2.38. The fourth-order valence-corrected chi connectivity index (χ4v) is 7.56. The van der Waals surface area contributed by atoms with Gasteiger partial charge in [0.2, 0.25) is 0 Å². The highest BCUT2D eigenvalue weighted by molar-refractivity contribution is 8.09. The molecule has 12 heteroatoms. The smallest absolute Gasteiger partial charge is 0.344 e. The summed E-state index contributed by atoms with van der Waals surface area (Å²) in [6.07, 6.45) is -0.284. The Bertz CT molecular complexity index is 1830. The molecule has 10 nitrogen and oxygen atoms in total. The van der Waals surface area contributed by atoms with Gasteiger partial charge in [-0.2, -0.15) is 21.1 Å². The minimum absolute atomic E-state index is 0.147. The van der Waals surface area contributed by atoms with Crippen LogP contribution in [0.5, 0.6) is 0 Å². The van der Waals surface area contributed by atoms with Crippen molar-refractivity contribution in [2.45, 2.75) is 25.2 Å². The molecule has 0 bridgehead atoms. The number of carbonyl (C=O) groups excluding carboxylic acids is 1. The van der Waals surface area contributed by atoms with Crippen molar-refractivity contribution >= 4 is 42.9 Å². The summed E-state index contributed by atoms with van der Waals surface area (Å²) in [5.74, 6) is -0.653. The summed E-state index contributed by atoms with van der Waals surface area (Å²) in [5.41, 5.74) is 1.95. The van der Waals surface area contributed by atoms with Crippen molar-refractivity contribution in [2.75, 3.05) is 24.4 Å². The van der Waals surface area contributed by atoms with Gasteiger partial charge in [-0.05, 0) is 55.8 Å². The standard InChI is InChI=1S/C28H28N2O8S2/c1-19-5-9-21(10-6-19)25-18-22-17-23(11-14-26(22)38-28(25)32)30(39(33,34)24-12-7-20(2)8-13-24)40(35,36)29(3)16-15-27(31)37-4/h5-14,17-18H,15-16H2,1-4H3. The molecule has 0 spiro atoms. The third-order valence-electron chi connectivity index (χ3n) is 6.29. The monoisotopic (exact) mass is 584 g/mol. The van der Waals surface area contributed by atoms with Gasteiger partial charge in [0, 0.05) is 19.0 Å². The molecule has 0 amide bonds. The number of anilines is 1. The van der Waals surface area contributed by atoms with Crippen LogP contribution in [0.3, 0.4) is 0 Å². The van der Waals surface area contributed by atoms with E-state index in [-0.39, 0.29) is 34.7 Å². The largest absolute Gasteiger partial charge is 0.469 e. The van der Waals surface area contributed by atoms with Crippen molar-refractivity contribution in [3.63, 3.8) is 0 Å². The zero-order valence-electron chi connectivity index (χ0n) is 22.3.